The molecule has 14 heteroatoms. The monoisotopic (exact) mass is 841 g/mol. The Morgan fingerprint density at radius 3 is 2.07 bits per heavy atom. The number of benzene rings is 1. The van der Waals surface area contributed by atoms with Crippen LogP contribution in [0.25, 0.3) is 0 Å². The van der Waals surface area contributed by atoms with E-state index in [2.05, 4.69) is 54.6 Å². The minimum absolute atomic E-state index is 0.0685. The number of carbonyl (C=O) groups excluding carboxylic acids is 1. The van der Waals surface area contributed by atoms with Crippen molar-refractivity contribution < 1.29 is 62.1 Å². The highest BCUT2D eigenvalue weighted by atomic mass is 28.4. The minimum atomic E-state index is -2.39. The van der Waals surface area contributed by atoms with Crippen molar-refractivity contribution in [2.45, 2.75) is 173 Å². The molecule has 4 rings (SSSR count). The Labute approximate surface area is 349 Å². The lowest BCUT2D eigenvalue weighted by Gasteiger charge is -2.54. The molecule has 0 aromatic heterocycles. The van der Waals surface area contributed by atoms with E-state index in [1.165, 1.54) is 7.11 Å². The normalized spacial score (nSPS) is 28.9. The summed E-state index contributed by atoms with van der Waals surface area (Å²) in [5.74, 6) is -1.97. The van der Waals surface area contributed by atoms with Crippen LogP contribution in [-0.4, -0.2) is 120 Å². The quantitative estimate of drug-likeness (QED) is 0.0790. The molecular formula is C44H76O13Si. The van der Waals surface area contributed by atoms with Crippen LogP contribution >= 0.6 is 0 Å². The molecule has 0 aliphatic carbocycles. The van der Waals surface area contributed by atoms with Crippen molar-refractivity contribution >= 4 is 14.3 Å². The average Bonchev–Trinajstić information content (AvgIpc) is 3.60. The maximum Gasteiger partial charge on any atom is 0.308 e. The maximum absolute atomic E-state index is 12.5. The Bertz CT molecular complexity index is 1390. The standard InChI is InChI=1S/C44H76O13Si/c1-28-20-36(55-44(24-28)25-29(2)21-37(56-44)41(52-27-48-9)43(8)53-18-19-54-43)40(57-58(12,13)42(5,6)7)30(3)22-34(45)39(47)31(4)35(23-38(46)50-11)51-26-32-14-16-33(49-10)17-15-32/h14-17,28-31,34-37,39-41,45,47H,18-27H2,1-13H3/t28-,29+,30-,31-,34+,35-,36-,37-,39+,40-,41+,44-/m0/s1. The van der Waals surface area contributed by atoms with Gasteiger partial charge in [-0.05, 0) is 79.8 Å². The van der Waals surface area contributed by atoms with Gasteiger partial charge in [0, 0.05) is 25.9 Å². The molecule has 3 saturated heterocycles. The maximum atomic E-state index is 12.5. The minimum Gasteiger partial charge on any atom is -0.497 e. The summed E-state index contributed by atoms with van der Waals surface area (Å²) in [6, 6.07) is 7.45. The SMILES string of the molecule is COCO[C@H]([C@@H]1C[C@@H](C)C[C@]2(C[C@@H](C)C[C@@H]([C@@H](O[Si](C)(C)C(C)(C)C)[C@@H](C)C[C@@H](O)[C@H](O)[C@@H](C)[C@H](CC(=O)OC)OCc3ccc(OC)cc3)O2)O1)C1(C)OCCO1. The zero-order valence-electron chi connectivity index (χ0n) is 37.6. The van der Waals surface area contributed by atoms with E-state index < -0.39 is 62.3 Å². The van der Waals surface area contributed by atoms with Gasteiger partial charge in [-0.2, -0.15) is 0 Å². The first-order valence-electron chi connectivity index (χ1n) is 21.3. The number of methoxy groups -OCH3 is 3. The van der Waals surface area contributed by atoms with Crippen LogP contribution in [0.2, 0.25) is 18.1 Å². The molecule has 3 aliphatic rings. The lowest BCUT2D eigenvalue weighted by Crippen LogP contribution is -2.61. The van der Waals surface area contributed by atoms with E-state index in [0.29, 0.717) is 26.1 Å². The number of aliphatic hydroxyl groups excluding tert-OH is 2. The molecule has 1 aromatic rings. The predicted molar refractivity (Wildman–Crippen MR) is 222 cm³/mol. The van der Waals surface area contributed by atoms with Crippen molar-refractivity contribution in [2.75, 3.05) is 41.3 Å². The molecule has 1 aromatic carbocycles. The van der Waals surface area contributed by atoms with Crippen molar-refractivity contribution in [1.29, 1.82) is 0 Å². The van der Waals surface area contributed by atoms with Gasteiger partial charge in [-0.25, -0.2) is 0 Å². The molecule has 0 radical (unpaired) electrons. The largest absolute Gasteiger partial charge is 0.497 e. The van der Waals surface area contributed by atoms with Crippen LogP contribution in [0, 0.1) is 23.7 Å². The molecule has 334 valence electrons. The van der Waals surface area contributed by atoms with E-state index in [9.17, 15) is 15.0 Å². The lowest BCUT2D eigenvalue weighted by molar-refractivity contribution is -0.367. The number of ether oxygens (including phenoxy) is 9. The van der Waals surface area contributed by atoms with Crippen LogP contribution in [0.5, 0.6) is 5.75 Å². The molecule has 13 nitrogen and oxygen atoms in total. The van der Waals surface area contributed by atoms with Gasteiger partial charge in [0.15, 0.2) is 19.9 Å². The van der Waals surface area contributed by atoms with E-state index in [1.54, 1.807) is 21.1 Å². The molecule has 12 atom stereocenters. The van der Waals surface area contributed by atoms with E-state index in [1.807, 2.05) is 31.2 Å². The number of hydrogen-bond acceptors (Lipinski definition) is 13. The molecule has 2 N–H and O–H groups in total. The van der Waals surface area contributed by atoms with Crippen LogP contribution in [0.3, 0.4) is 0 Å². The van der Waals surface area contributed by atoms with Crippen LogP contribution in [0.4, 0.5) is 0 Å². The van der Waals surface area contributed by atoms with Gasteiger partial charge in [0.2, 0.25) is 0 Å². The highest BCUT2D eigenvalue weighted by Crippen LogP contribution is 2.48. The van der Waals surface area contributed by atoms with Gasteiger partial charge in [-0.15, -0.1) is 0 Å². The topological polar surface area (TPSA) is 150 Å². The summed E-state index contributed by atoms with van der Waals surface area (Å²) in [4.78, 5) is 12.5. The fourth-order valence-corrected chi connectivity index (χ4v) is 10.1. The number of carbonyl (C=O) groups is 1. The number of aliphatic hydroxyl groups is 2. The first-order valence-corrected chi connectivity index (χ1v) is 24.2. The first-order chi connectivity index (χ1) is 27.2. The highest BCUT2D eigenvalue weighted by molar-refractivity contribution is 6.74. The summed E-state index contributed by atoms with van der Waals surface area (Å²) in [6.45, 7) is 22.5. The summed E-state index contributed by atoms with van der Waals surface area (Å²) in [5, 5.41) is 23.4. The van der Waals surface area contributed by atoms with Gasteiger partial charge in [0.25, 0.3) is 0 Å². The van der Waals surface area contributed by atoms with Crippen molar-refractivity contribution in [3.63, 3.8) is 0 Å². The van der Waals surface area contributed by atoms with Crippen molar-refractivity contribution in [1.82, 2.24) is 0 Å². The van der Waals surface area contributed by atoms with Gasteiger partial charge < -0.3 is 57.3 Å². The number of rotatable bonds is 20. The first kappa shape index (κ1) is 49.0. The van der Waals surface area contributed by atoms with E-state index in [-0.39, 0.29) is 61.2 Å². The second kappa shape index (κ2) is 20.9. The van der Waals surface area contributed by atoms with Crippen LogP contribution in [0.15, 0.2) is 24.3 Å². The Balaban J connectivity index is 1.57. The average molecular weight is 841 g/mol. The van der Waals surface area contributed by atoms with Crippen molar-refractivity contribution in [3.8, 4) is 5.75 Å². The lowest BCUT2D eigenvalue weighted by atomic mass is 9.79. The Morgan fingerprint density at radius 1 is 0.931 bits per heavy atom. The molecular weight excluding hydrogens is 765 g/mol. The zero-order valence-corrected chi connectivity index (χ0v) is 38.6. The van der Waals surface area contributed by atoms with Crippen LogP contribution < -0.4 is 4.74 Å². The summed E-state index contributed by atoms with van der Waals surface area (Å²) in [5.41, 5.74) is 0.881. The molecule has 58 heavy (non-hydrogen) atoms. The second-order valence-electron chi connectivity index (χ2n) is 19.0. The zero-order chi connectivity index (χ0) is 43.1. The molecule has 0 bridgehead atoms. The molecule has 0 saturated carbocycles. The molecule has 0 unspecified atom stereocenters. The predicted octanol–water partition coefficient (Wildman–Crippen LogP) is 7.00. The molecule has 3 aliphatic heterocycles. The van der Waals surface area contributed by atoms with Crippen LogP contribution in [0.1, 0.15) is 99.5 Å². The van der Waals surface area contributed by atoms with E-state index in [0.717, 1.165) is 24.2 Å². The van der Waals surface area contributed by atoms with Gasteiger partial charge in [0.05, 0.1) is 77.1 Å². The van der Waals surface area contributed by atoms with E-state index >= 15 is 0 Å². The summed E-state index contributed by atoms with van der Waals surface area (Å²) in [7, 11) is 2.14. The summed E-state index contributed by atoms with van der Waals surface area (Å²) >= 11 is 0. The Morgan fingerprint density at radius 2 is 1.52 bits per heavy atom. The third-order valence-electron chi connectivity index (χ3n) is 12.9. The highest BCUT2D eigenvalue weighted by Gasteiger charge is 2.55. The Kier molecular flexibility index (Phi) is 17.7. The molecule has 1 spiro atoms. The van der Waals surface area contributed by atoms with E-state index in [4.69, 9.17) is 47.1 Å². The smallest absolute Gasteiger partial charge is 0.308 e. The fourth-order valence-electron chi connectivity index (χ4n) is 8.66. The van der Waals surface area contributed by atoms with Gasteiger partial charge in [-0.1, -0.05) is 60.6 Å². The third kappa shape index (κ3) is 12.7. The summed E-state index contributed by atoms with van der Waals surface area (Å²) < 4.78 is 61.9. The molecule has 0 amide bonds. The third-order valence-corrected chi connectivity index (χ3v) is 17.4. The fraction of sp³-hybridized carbons (Fsp3) is 0.841. The van der Waals surface area contributed by atoms with Gasteiger partial charge in [0.1, 0.15) is 18.6 Å². The second-order valence-corrected chi connectivity index (χ2v) is 23.7. The molecule has 3 heterocycles. The molecule has 3 fully saturated rings. The summed E-state index contributed by atoms with van der Waals surface area (Å²) in [6.07, 6.45) is -1.69. The Hall–Kier alpha value is -1.69. The van der Waals surface area contributed by atoms with Crippen LogP contribution in [-0.2, 0) is 53.7 Å². The van der Waals surface area contributed by atoms with Crippen molar-refractivity contribution in [2.24, 2.45) is 23.7 Å². The number of esters is 1. The van der Waals surface area contributed by atoms with Crippen molar-refractivity contribution in [3.05, 3.63) is 29.8 Å². The van der Waals surface area contributed by atoms with Gasteiger partial charge >= 0.3 is 5.97 Å². The van der Waals surface area contributed by atoms with Gasteiger partial charge in [-0.3, -0.25) is 4.79 Å². The number of hydrogen-bond donors (Lipinski definition) is 2.